The molecule has 3 aromatic rings. The van der Waals surface area contributed by atoms with Crippen LogP contribution < -0.4 is 10.5 Å². The lowest BCUT2D eigenvalue weighted by Gasteiger charge is -2.31. The summed E-state index contributed by atoms with van der Waals surface area (Å²) in [5.41, 5.74) is 3.19. The van der Waals surface area contributed by atoms with Crippen LogP contribution in [-0.4, -0.2) is 46.0 Å². The first-order valence-electron chi connectivity index (χ1n) is 11.8. The number of hydrogen-bond acceptors (Lipinski definition) is 6. The summed E-state index contributed by atoms with van der Waals surface area (Å²) in [4.78, 5) is 31.7. The van der Waals surface area contributed by atoms with Crippen molar-refractivity contribution in [2.24, 2.45) is 0 Å². The van der Waals surface area contributed by atoms with Gasteiger partial charge in [-0.25, -0.2) is 0 Å². The van der Waals surface area contributed by atoms with Crippen molar-refractivity contribution in [3.8, 4) is 0 Å². The standard InChI is InChI=1S/C27H27N3O3S2/c1-3-29-22-12-8-7-11-20(22)24(28-13-15-33-16-14-28)21(25(29)31)17-23-26(32)30(27(34)35-23)18(2)19-9-5-4-6-10-19/h4-12,17-18H,3,13-16H2,1-2H3. The van der Waals surface area contributed by atoms with Crippen molar-refractivity contribution in [1.82, 2.24) is 9.47 Å². The van der Waals surface area contributed by atoms with Gasteiger partial charge < -0.3 is 14.2 Å². The average molecular weight is 506 g/mol. The van der Waals surface area contributed by atoms with Gasteiger partial charge in [-0.1, -0.05) is 72.5 Å². The van der Waals surface area contributed by atoms with Crippen molar-refractivity contribution in [2.75, 3.05) is 31.2 Å². The smallest absolute Gasteiger partial charge is 0.266 e. The Balaban J connectivity index is 1.65. The van der Waals surface area contributed by atoms with Gasteiger partial charge in [-0.3, -0.25) is 14.5 Å². The number of hydrogen-bond donors (Lipinski definition) is 0. The number of carbonyl (C=O) groups excluding carboxylic acids is 1. The summed E-state index contributed by atoms with van der Waals surface area (Å²) in [7, 11) is 0. The zero-order valence-corrected chi connectivity index (χ0v) is 21.4. The molecule has 180 valence electrons. The fourth-order valence-electron chi connectivity index (χ4n) is 4.81. The van der Waals surface area contributed by atoms with Gasteiger partial charge in [0.2, 0.25) is 0 Å². The van der Waals surface area contributed by atoms with Gasteiger partial charge in [0.25, 0.3) is 11.5 Å². The van der Waals surface area contributed by atoms with Crippen LogP contribution in [0.25, 0.3) is 17.0 Å². The van der Waals surface area contributed by atoms with Crippen molar-refractivity contribution in [3.63, 3.8) is 0 Å². The van der Waals surface area contributed by atoms with Crippen LogP contribution in [0.4, 0.5) is 5.69 Å². The minimum Gasteiger partial charge on any atom is -0.378 e. The topological polar surface area (TPSA) is 54.8 Å². The van der Waals surface area contributed by atoms with Crippen LogP contribution in [0.5, 0.6) is 0 Å². The predicted octanol–water partition coefficient (Wildman–Crippen LogP) is 4.82. The Hall–Kier alpha value is -2.94. The fraction of sp³-hybridized carbons (Fsp3) is 0.296. The lowest BCUT2D eigenvalue weighted by molar-refractivity contribution is -0.123. The van der Waals surface area contributed by atoms with Crippen LogP contribution in [0, 0.1) is 0 Å². The van der Waals surface area contributed by atoms with E-state index < -0.39 is 0 Å². The highest BCUT2D eigenvalue weighted by atomic mass is 32.2. The number of anilines is 1. The van der Waals surface area contributed by atoms with Crippen molar-refractivity contribution < 1.29 is 9.53 Å². The quantitative estimate of drug-likeness (QED) is 0.366. The van der Waals surface area contributed by atoms with Gasteiger partial charge in [-0.15, -0.1) is 0 Å². The molecule has 3 heterocycles. The molecular weight excluding hydrogens is 478 g/mol. The van der Waals surface area contributed by atoms with E-state index in [9.17, 15) is 9.59 Å². The van der Waals surface area contributed by atoms with E-state index in [1.807, 2.05) is 68.4 Å². The number of thioether (sulfide) groups is 1. The average Bonchev–Trinajstić information content (AvgIpc) is 3.17. The minimum absolute atomic E-state index is 0.103. The number of aryl methyl sites for hydroxylation is 1. The van der Waals surface area contributed by atoms with Crippen molar-refractivity contribution in [1.29, 1.82) is 0 Å². The second kappa shape index (κ2) is 9.97. The van der Waals surface area contributed by atoms with Crippen LogP contribution in [-0.2, 0) is 16.1 Å². The molecule has 0 saturated carbocycles. The Morgan fingerprint density at radius 3 is 2.46 bits per heavy atom. The molecule has 0 N–H and O–H groups in total. The van der Waals surface area contributed by atoms with Crippen molar-refractivity contribution in [2.45, 2.75) is 26.4 Å². The third-order valence-corrected chi connectivity index (χ3v) is 7.92. The van der Waals surface area contributed by atoms with Crippen LogP contribution in [0.15, 0.2) is 64.3 Å². The second-order valence-electron chi connectivity index (χ2n) is 8.57. The van der Waals surface area contributed by atoms with Crippen LogP contribution in [0.2, 0.25) is 0 Å². The van der Waals surface area contributed by atoms with Gasteiger partial charge in [0, 0.05) is 25.0 Å². The summed E-state index contributed by atoms with van der Waals surface area (Å²) < 4.78 is 7.85. The van der Waals surface area contributed by atoms with E-state index in [1.165, 1.54) is 11.8 Å². The summed E-state index contributed by atoms with van der Waals surface area (Å²) in [6.45, 7) is 7.05. The summed E-state index contributed by atoms with van der Waals surface area (Å²) >= 11 is 6.88. The fourth-order valence-corrected chi connectivity index (χ4v) is 6.21. The maximum absolute atomic E-state index is 13.8. The molecule has 2 aliphatic rings. The normalized spacial score (nSPS) is 18.6. The third kappa shape index (κ3) is 4.30. The molecule has 0 spiro atoms. The molecule has 1 unspecified atom stereocenters. The number of para-hydroxylation sites is 1. The zero-order chi connectivity index (χ0) is 24.5. The SMILES string of the molecule is CCn1c(=O)c(C=C2SC(=S)N(C(C)c3ccccc3)C2=O)c(N2CCOCC2)c2ccccc21. The van der Waals surface area contributed by atoms with Crippen molar-refractivity contribution in [3.05, 3.63) is 81.0 Å². The van der Waals surface area contributed by atoms with Gasteiger partial charge in [-0.2, -0.15) is 0 Å². The Bertz CT molecular complexity index is 1380. The Morgan fingerprint density at radius 1 is 1.06 bits per heavy atom. The number of rotatable bonds is 5. The molecule has 5 rings (SSSR count). The van der Waals surface area contributed by atoms with E-state index >= 15 is 0 Å². The number of fused-ring (bicyclic) bond motifs is 1. The monoisotopic (exact) mass is 505 g/mol. The molecule has 2 fully saturated rings. The molecule has 2 aliphatic heterocycles. The van der Waals surface area contributed by atoms with E-state index in [0.29, 0.717) is 47.6 Å². The molecule has 2 aromatic carbocycles. The minimum atomic E-state index is -0.197. The van der Waals surface area contributed by atoms with Gasteiger partial charge in [0.15, 0.2) is 0 Å². The molecule has 1 atom stereocenters. The molecule has 1 amide bonds. The van der Waals surface area contributed by atoms with Gasteiger partial charge >= 0.3 is 0 Å². The highest BCUT2D eigenvalue weighted by molar-refractivity contribution is 8.26. The molecule has 0 bridgehead atoms. The van der Waals surface area contributed by atoms with Crippen molar-refractivity contribution >= 4 is 56.9 Å². The first kappa shape index (κ1) is 23.8. The zero-order valence-electron chi connectivity index (χ0n) is 19.8. The number of carbonyl (C=O) groups is 1. The first-order chi connectivity index (χ1) is 17.0. The number of ether oxygens (including phenoxy) is 1. The lowest BCUT2D eigenvalue weighted by Crippen LogP contribution is -2.38. The maximum Gasteiger partial charge on any atom is 0.266 e. The molecule has 0 radical (unpaired) electrons. The molecule has 1 aromatic heterocycles. The van der Waals surface area contributed by atoms with E-state index in [4.69, 9.17) is 17.0 Å². The van der Waals surface area contributed by atoms with Gasteiger partial charge in [0.05, 0.1) is 40.9 Å². The van der Waals surface area contributed by atoms with Gasteiger partial charge in [0.1, 0.15) is 4.32 Å². The molecule has 6 nitrogen and oxygen atoms in total. The number of aromatic nitrogens is 1. The molecule has 35 heavy (non-hydrogen) atoms. The molecule has 8 heteroatoms. The number of thiocarbonyl (C=S) groups is 1. The first-order valence-corrected chi connectivity index (χ1v) is 13.0. The Labute approximate surface area is 214 Å². The number of amides is 1. The predicted molar refractivity (Wildman–Crippen MR) is 147 cm³/mol. The molecule has 2 saturated heterocycles. The summed E-state index contributed by atoms with van der Waals surface area (Å²) in [6.07, 6.45) is 1.75. The van der Waals surface area contributed by atoms with E-state index in [1.54, 1.807) is 15.5 Å². The van der Waals surface area contributed by atoms with E-state index in [-0.39, 0.29) is 17.5 Å². The number of benzene rings is 2. The summed E-state index contributed by atoms with van der Waals surface area (Å²) in [6, 6.07) is 17.6. The number of nitrogens with zero attached hydrogens (tertiary/aromatic N) is 3. The Kier molecular flexibility index (Phi) is 6.77. The number of pyridine rings is 1. The lowest BCUT2D eigenvalue weighted by atomic mass is 10.0. The summed E-state index contributed by atoms with van der Waals surface area (Å²) in [5, 5.41) is 0.996. The highest BCUT2D eigenvalue weighted by Crippen LogP contribution is 2.39. The van der Waals surface area contributed by atoms with Crippen LogP contribution >= 0.6 is 24.0 Å². The highest BCUT2D eigenvalue weighted by Gasteiger charge is 2.36. The van der Waals surface area contributed by atoms with E-state index in [2.05, 4.69) is 4.90 Å². The summed E-state index contributed by atoms with van der Waals surface area (Å²) in [5.74, 6) is -0.167. The van der Waals surface area contributed by atoms with E-state index in [0.717, 1.165) is 22.2 Å². The molecule has 0 aliphatic carbocycles. The molecular formula is C27H27N3O3S2. The number of morpholine rings is 1. The maximum atomic E-state index is 13.8. The van der Waals surface area contributed by atoms with Crippen LogP contribution in [0.1, 0.15) is 31.0 Å². The second-order valence-corrected chi connectivity index (χ2v) is 10.2. The third-order valence-electron chi connectivity index (χ3n) is 6.59. The van der Waals surface area contributed by atoms with Crippen LogP contribution in [0.3, 0.4) is 0 Å². The Morgan fingerprint density at radius 2 is 1.74 bits per heavy atom. The largest absolute Gasteiger partial charge is 0.378 e. The van der Waals surface area contributed by atoms with Gasteiger partial charge in [-0.05, 0) is 31.6 Å².